The first kappa shape index (κ1) is 15.5. The molecule has 0 radical (unpaired) electrons. The van der Waals surface area contributed by atoms with Gasteiger partial charge in [-0.1, -0.05) is 0 Å². The van der Waals surface area contributed by atoms with Crippen molar-refractivity contribution in [1.82, 2.24) is 5.32 Å². The lowest BCUT2D eigenvalue weighted by molar-refractivity contribution is 0.0879. The highest BCUT2D eigenvalue weighted by Crippen LogP contribution is 2.21. The fourth-order valence-electron chi connectivity index (χ4n) is 2.17. The summed E-state index contributed by atoms with van der Waals surface area (Å²) in [6.45, 7) is 0. The van der Waals surface area contributed by atoms with Crippen LogP contribution in [0.25, 0.3) is 0 Å². The van der Waals surface area contributed by atoms with E-state index in [1.54, 1.807) is 0 Å². The highest BCUT2D eigenvalue weighted by Gasteiger charge is 2.26. The molecule has 0 fully saturated rings. The Morgan fingerprint density at radius 3 is 2.08 bits per heavy atom. The van der Waals surface area contributed by atoms with Crippen LogP contribution in [0, 0.1) is 17.5 Å². The Morgan fingerprint density at radius 1 is 0.833 bits per heavy atom. The Hall–Kier alpha value is -3.36. The van der Waals surface area contributed by atoms with Gasteiger partial charge in [0.05, 0.1) is 11.1 Å². The highest BCUT2D eigenvalue weighted by molar-refractivity contribution is 6.22. The standard InChI is InChI=1S/C15H8F3N3O3/c16-10-4-7(5-11(17)12(10)18)20-15(24)19-6-1-2-8-9(3-6)14(23)21-13(8)22/h1-5H,(H2,19,20,24)(H,21,22,23). The predicted octanol–water partition coefficient (Wildman–Crippen LogP) is 2.63. The van der Waals surface area contributed by atoms with Gasteiger partial charge in [-0.3, -0.25) is 14.9 Å². The first-order chi connectivity index (χ1) is 11.3. The molecular weight excluding hydrogens is 327 g/mol. The zero-order chi connectivity index (χ0) is 17.4. The van der Waals surface area contributed by atoms with Crippen LogP contribution in [0.2, 0.25) is 0 Å². The minimum absolute atomic E-state index is 0.0941. The van der Waals surface area contributed by atoms with Crippen molar-refractivity contribution in [3.8, 4) is 0 Å². The average molecular weight is 335 g/mol. The van der Waals surface area contributed by atoms with Crippen molar-refractivity contribution in [1.29, 1.82) is 0 Å². The van der Waals surface area contributed by atoms with Crippen molar-refractivity contribution >= 4 is 29.2 Å². The number of carbonyl (C=O) groups is 3. The molecule has 9 heteroatoms. The molecule has 3 N–H and O–H groups in total. The maximum atomic E-state index is 13.1. The van der Waals surface area contributed by atoms with Gasteiger partial charge in [-0.2, -0.15) is 0 Å². The van der Waals surface area contributed by atoms with Gasteiger partial charge in [-0.15, -0.1) is 0 Å². The Bertz CT molecular complexity index is 876. The summed E-state index contributed by atoms with van der Waals surface area (Å²) in [5.41, 5.74) is 0.155. The molecule has 1 heterocycles. The Balaban J connectivity index is 1.75. The van der Waals surface area contributed by atoms with Gasteiger partial charge in [0.25, 0.3) is 11.8 Å². The van der Waals surface area contributed by atoms with Crippen LogP contribution in [-0.2, 0) is 0 Å². The summed E-state index contributed by atoms with van der Waals surface area (Å²) in [6, 6.07) is 4.37. The molecule has 0 aromatic heterocycles. The number of halogens is 3. The molecule has 0 aliphatic carbocycles. The number of nitrogens with one attached hydrogen (secondary N) is 3. The van der Waals surface area contributed by atoms with Crippen molar-refractivity contribution < 1.29 is 27.6 Å². The Kier molecular flexibility index (Phi) is 3.68. The number of carbonyl (C=O) groups excluding carboxylic acids is 3. The zero-order valence-electron chi connectivity index (χ0n) is 11.7. The normalized spacial score (nSPS) is 12.6. The van der Waals surface area contributed by atoms with Crippen molar-refractivity contribution in [3.05, 3.63) is 58.9 Å². The summed E-state index contributed by atoms with van der Waals surface area (Å²) in [4.78, 5) is 34.7. The molecule has 0 saturated heterocycles. The summed E-state index contributed by atoms with van der Waals surface area (Å²) in [6.07, 6.45) is 0. The van der Waals surface area contributed by atoms with E-state index >= 15 is 0 Å². The molecule has 1 aliphatic rings. The molecular formula is C15H8F3N3O3. The molecule has 6 nitrogen and oxygen atoms in total. The molecule has 0 saturated carbocycles. The van der Waals surface area contributed by atoms with Crippen LogP contribution >= 0.6 is 0 Å². The third-order valence-corrected chi connectivity index (χ3v) is 3.24. The maximum absolute atomic E-state index is 13.1. The minimum atomic E-state index is -1.64. The molecule has 1 aliphatic heterocycles. The third-order valence-electron chi connectivity index (χ3n) is 3.24. The largest absolute Gasteiger partial charge is 0.323 e. The SMILES string of the molecule is O=C(Nc1cc(F)c(F)c(F)c1)Nc1ccc2c(c1)C(=O)NC2=O. The molecule has 0 spiro atoms. The second-order valence-corrected chi connectivity index (χ2v) is 4.88. The average Bonchev–Trinajstić information content (AvgIpc) is 2.79. The van der Waals surface area contributed by atoms with Crippen LogP contribution < -0.4 is 16.0 Å². The molecule has 0 unspecified atom stereocenters. The van der Waals surface area contributed by atoms with Crippen LogP contribution in [-0.4, -0.2) is 17.8 Å². The van der Waals surface area contributed by atoms with E-state index in [1.165, 1.54) is 18.2 Å². The van der Waals surface area contributed by atoms with E-state index in [0.29, 0.717) is 12.1 Å². The van der Waals surface area contributed by atoms with Gasteiger partial charge in [-0.05, 0) is 18.2 Å². The van der Waals surface area contributed by atoms with Gasteiger partial charge in [0.15, 0.2) is 17.5 Å². The number of amides is 4. The number of hydrogen-bond donors (Lipinski definition) is 3. The van der Waals surface area contributed by atoms with Gasteiger partial charge in [0.2, 0.25) is 0 Å². The summed E-state index contributed by atoms with van der Waals surface area (Å²) < 4.78 is 39.0. The van der Waals surface area contributed by atoms with Crippen LogP contribution in [0.3, 0.4) is 0 Å². The molecule has 4 amide bonds. The number of benzene rings is 2. The van der Waals surface area contributed by atoms with E-state index in [4.69, 9.17) is 0 Å². The Morgan fingerprint density at radius 2 is 1.42 bits per heavy atom. The monoisotopic (exact) mass is 335 g/mol. The smallest absolute Gasteiger partial charge is 0.308 e. The van der Waals surface area contributed by atoms with Crippen LogP contribution in [0.1, 0.15) is 20.7 Å². The summed E-state index contributed by atoms with van der Waals surface area (Å²) in [5.74, 6) is -5.67. The van der Waals surface area contributed by atoms with Gasteiger partial charge in [0, 0.05) is 23.5 Å². The van der Waals surface area contributed by atoms with E-state index in [-0.39, 0.29) is 22.5 Å². The molecule has 122 valence electrons. The van der Waals surface area contributed by atoms with Crippen molar-refractivity contribution in [2.75, 3.05) is 10.6 Å². The lowest BCUT2D eigenvalue weighted by atomic mass is 10.1. The first-order valence-electron chi connectivity index (χ1n) is 6.57. The van der Waals surface area contributed by atoms with Gasteiger partial charge in [-0.25, -0.2) is 18.0 Å². The van der Waals surface area contributed by atoms with E-state index in [9.17, 15) is 27.6 Å². The molecule has 2 aromatic carbocycles. The van der Waals surface area contributed by atoms with Crippen molar-refractivity contribution in [2.45, 2.75) is 0 Å². The number of urea groups is 1. The fraction of sp³-hybridized carbons (Fsp3) is 0. The van der Waals surface area contributed by atoms with Crippen molar-refractivity contribution in [3.63, 3.8) is 0 Å². The summed E-state index contributed by atoms with van der Waals surface area (Å²) >= 11 is 0. The minimum Gasteiger partial charge on any atom is -0.308 e. The second kappa shape index (κ2) is 5.69. The highest BCUT2D eigenvalue weighted by atomic mass is 19.2. The first-order valence-corrected chi connectivity index (χ1v) is 6.57. The van der Waals surface area contributed by atoms with Crippen LogP contribution in [0.4, 0.5) is 29.3 Å². The maximum Gasteiger partial charge on any atom is 0.323 e. The fourth-order valence-corrected chi connectivity index (χ4v) is 2.17. The van der Waals surface area contributed by atoms with Crippen molar-refractivity contribution in [2.24, 2.45) is 0 Å². The van der Waals surface area contributed by atoms with Crippen LogP contribution in [0.5, 0.6) is 0 Å². The lowest BCUT2D eigenvalue weighted by Gasteiger charge is -2.09. The Labute approximate surface area is 132 Å². The number of rotatable bonds is 2. The molecule has 24 heavy (non-hydrogen) atoms. The van der Waals surface area contributed by atoms with E-state index in [1.807, 2.05) is 0 Å². The third kappa shape index (κ3) is 2.78. The van der Waals surface area contributed by atoms with E-state index in [2.05, 4.69) is 16.0 Å². The summed E-state index contributed by atoms with van der Waals surface area (Å²) in [7, 11) is 0. The quantitative estimate of drug-likeness (QED) is 0.582. The number of fused-ring (bicyclic) bond motifs is 1. The molecule has 0 bridgehead atoms. The van der Waals surface area contributed by atoms with Gasteiger partial charge in [0.1, 0.15) is 0 Å². The second-order valence-electron chi connectivity index (χ2n) is 4.88. The predicted molar refractivity (Wildman–Crippen MR) is 77.2 cm³/mol. The number of hydrogen-bond acceptors (Lipinski definition) is 3. The topological polar surface area (TPSA) is 87.3 Å². The number of anilines is 2. The van der Waals surface area contributed by atoms with E-state index < -0.39 is 35.3 Å². The van der Waals surface area contributed by atoms with Gasteiger partial charge >= 0.3 is 6.03 Å². The zero-order valence-corrected chi connectivity index (χ0v) is 11.7. The number of imide groups is 1. The molecule has 0 atom stereocenters. The molecule has 3 rings (SSSR count). The summed E-state index contributed by atoms with van der Waals surface area (Å²) in [5, 5.41) is 6.55. The molecule has 2 aromatic rings. The lowest BCUT2D eigenvalue weighted by Crippen LogP contribution is -2.20. The van der Waals surface area contributed by atoms with Gasteiger partial charge < -0.3 is 10.6 Å². The van der Waals surface area contributed by atoms with E-state index in [0.717, 1.165) is 0 Å². The van der Waals surface area contributed by atoms with Crippen LogP contribution in [0.15, 0.2) is 30.3 Å².